The van der Waals surface area contributed by atoms with Crippen molar-refractivity contribution < 1.29 is 14.6 Å². The predicted molar refractivity (Wildman–Crippen MR) is 76.8 cm³/mol. The minimum absolute atomic E-state index is 0.101. The Kier molecular flexibility index (Phi) is 5.64. The number of hydrogen-bond acceptors (Lipinski definition) is 3. The van der Waals surface area contributed by atoms with Crippen LogP contribution in [0.5, 0.6) is 0 Å². The largest absolute Gasteiger partial charge is 0.394 e. The van der Waals surface area contributed by atoms with Crippen molar-refractivity contribution in [2.45, 2.75) is 25.0 Å². The van der Waals surface area contributed by atoms with E-state index >= 15 is 0 Å². The number of hydrogen-bond donors (Lipinski definition) is 3. The molecule has 1 fully saturated rings. The van der Waals surface area contributed by atoms with Crippen molar-refractivity contribution in [2.75, 3.05) is 19.8 Å². The first-order valence-corrected chi connectivity index (χ1v) is 7.09. The summed E-state index contributed by atoms with van der Waals surface area (Å²) in [7, 11) is 0. The van der Waals surface area contributed by atoms with Crippen LogP contribution in [0.4, 0.5) is 4.79 Å². The Hall–Kier alpha value is -1.30. The van der Waals surface area contributed by atoms with Gasteiger partial charge in [0, 0.05) is 18.2 Å². The summed E-state index contributed by atoms with van der Waals surface area (Å²) < 4.78 is 5.43. The van der Waals surface area contributed by atoms with Crippen LogP contribution in [0.15, 0.2) is 24.3 Å². The van der Waals surface area contributed by atoms with Crippen LogP contribution in [-0.2, 0) is 4.74 Å². The summed E-state index contributed by atoms with van der Waals surface area (Å²) in [6, 6.07) is 6.26. The summed E-state index contributed by atoms with van der Waals surface area (Å²) in [5.74, 6) is 0. The van der Waals surface area contributed by atoms with Crippen molar-refractivity contribution >= 4 is 17.6 Å². The highest BCUT2D eigenvalue weighted by Crippen LogP contribution is 2.16. The Morgan fingerprint density at radius 1 is 1.45 bits per heavy atom. The third-order valence-corrected chi connectivity index (χ3v) is 3.53. The SMILES string of the molecule is O=C(NCC1CCCO1)NC(CO)c1ccc(Cl)cc1. The number of amides is 2. The van der Waals surface area contributed by atoms with Crippen LogP contribution >= 0.6 is 11.6 Å². The number of ether oxygens (including phenoxy) is 1. The molecular formula is C14H19ClN2O3. The lowest BCUT2D eigenvalue weighted by atomic mass is 10.1. The van der Waals surface area contributed by atoms with E-state index in [1.807, 2.05) is 0 Å². The summed E-state index contributed by atoms with van der Waals surface area (Å²) in [5.41, 5.74) is 0.809. The average molecular weight is 299 g/mol. The second-order valence-electron chi connectivity index (χ2n) is 4.78. The van der Waals surface area contributed by atoms with Gasteiger partial charge < -0.3 is 20.5 Å². The molecule has 1 aromatic rings. The monoisotopic (exact) mass is 298 g/mol. The smallest absolute Gasteiger partial charge is 0.315 e. The van der Waals surface area contributed by atoms with Crippen LogP contribution in [0, 0.1) is 0 Å². The molecule has 0 aliphatic carbocycles. The molecule has 20 heavy (non-hydrogen) atoms. The van der Waals surface area contributed by atoms with Gasteiger partial charge in [0.25, 0.3) is 0 Å². The summed E-state index contributed by atoms with van der Waals surface area (Å²) in [6.45, 7) is 1.08. The van der Waals surface area contributed by atoms with Gasteiger partial charge in [-0.25, -0.2) is 4.79 Å². The van der Waals surface area contributed by atoms with Gasteiger partial charge in [0.1, 0.15) is 0 Å². The molecular weight excluding hydrogens is 280 g/mol. The third-order valence-electron chi connectivity index (χ3n) is 3.27. The van der Waals surface area contributed by atoms with E-state index in [1.165, 1.54) is 0 Å². The predicted octanol–water partition coefficient (Wildman–Crippen LogP) is 1.85. The highest BCUT2D eigenvalue weighted by Gasteiger charge is 2.18. The zero-order valence-corrected chi connectivity index (χ0v) is 11.9. The quantitative estimate of drug-likeness (QED) is 0.777. The zero-order chi connectivity index (χ0) is 14.4. The number of urea groups is 1. The second kappa shape index (κ2) is 7.47. The van der Waals surface area contributed by atoms with E-state index in [9.17, 15) is 9.90 Å². The van der Waals surface area contributed by atoms with Gasteiger partial charge in [-0.2, -0.15) is 0 Å². The number of nitrogens with one attached hydrogen (secondary N) is 2. The average Bonchev–Trinajstić information content (AvgIpc) is 2.97. The van der Waals surface area contributed by atoms with Crippen molar-refractivity contribution in [1.29, 1.82) is 0 Å². The summed E-state index contributed by atoms with van der Waals surface area (Å²) >= 11 is 5.81. The van der Waals surface area contributed by atoms with E-state index in [1.54, 1.807) is 24.3 Å². The Balaban J connectivity index is 1.82. The Morgan fingerprint density at radius 2 is 2.20 bits per heavy atom. The molecule has 0 saturated carbocycles. The molecule has 1 heterocycles. The number of halogens is 1. The lowest BCUT2D eigenvalue weighted by Gasteiger charge is -2.18. The standard InChI is InChI=1S/C14H19ClN2O3/c15-11-5-3-10(4-6-11)13(9-18)17-14(19)16-8-12-2-1-7-20-12/h3-6,12-13,18H,1-2,7-9H2,(H2,16,17,19). The maximum Gasteiger partial charge on any atom is 0.315 e. The number of benzene rings is 1. The van der Waals surface area contributed by atoms with Crippen LogP contribution in [0.25, 0.3) is 0 Å². The maximum absolute atomic E-state index is 11.8. The first kappa shape index (κ1) is 15.1. The maximum atomic E-state index is 11.8. The van der Waals surface area contributed by atoms with Gasteiger partial charge in [0.2, 0.25) is 0 Å². The molecule has 2 atom stereocenters. The van der Waals surface area contributed by atoms with Crippen LogP contribution in [-0.4, -0.2) is 37.0 Å². The summed E-state index contributed by atoms with van der Waals surface area (Å²) in [5, 5.41) is 15.5. The molecule has 0 aromatic heterocycles. The van der Waals surface area contributed by atoms with Gasteiger partial charge >= 0.3 is 6.03 Å². The van der Waals surface area contributed by atoms with Gasteiger partial charge in [-0.15, -0.1) is 0 Å². The highest BCUT2D eigenvalue weighted by atomic mass is 35.5. The molecule has 2 amide bonds. The van der Waals surface area contributed by atoms with Crippen molar-refractivity contribution in [3.05, 3.63) is 34.9 Å². The van der Waals surface area contributed by atoms with Crippen LogP contribution < -0.4 is 10.6 Å². The number of carbonyl (C=O) groups excluding carboxylic acids is 1. The summed E-state index contributed by atoms with van der Waals surface area (Å²) in [6.07, 6.45) is 2.11. The van der Waals surface area contributed by atoms with E-state index < -0.39 is 6.04 Å². The van der Waals surface area contributed by atoms with Crippen molar-refractivity contribution in [2.24, 2.45) is 0 Å². The van der Waals surface area contributed by atoms with Crippen LogP contribution in [0.2, 0.25) is 5.02 Å². The Morgan fingerprint density at radius 3 is 2.80 bits per heavy atom. The topological polar surface area (TPSA) is 70.6 Å². The molecule has 6 heteroatoms. The molecule has 0 radical (unpaired) electrons. The van der Waals surface area contributed by atoms with Gasteiger partial charge in [-0.3, -0.25) is 0 Å². The van der Waals surface area contributed by atoms with Crippen molar-refractivity contribution in [3.63, 3.8) is 0 Å². The molecule has 1 saturated heterocycles. The van der Waals surface area contributed by atoms with E-state index in [4.69, 9.17) is 16.3 Å². The minimum Gasteiger partial charge on any atom is -0.394 e. The molecule has 2 rings (SSSR count). The molecule has 0 bridgehead atoms. The van der Waals surface area contributed by atoms with Gasteiger partial charge in [-0.1, -0.05) is 23.7 Å². The number of aliphatic hydroxyl groups excluding tert-OH is 1. The van der Waals surface area contributed by atoms with E-state index in [0.717, 1.165) is 25.0 Å². The van der Waals surface area contributed by atoms with Gasteiger partial charge in [0.15, 0.2) is 0 Å². The van der Waals surface area contributed by atoms with Crippen molar-refractivity contribution in [3.8, 4) is 0 Å². The highest BCUT2D eigenvalue weighted by molar-refractivity contribution is 6.30. The van der Waals surface area contributed by atoms with Crippen LogP contribution in [0.1, 0.15) is 24.4 Å². The fraction of sp³-hybridized carbons (Fsp3) is 0.500. The molecule has 1 aromatic carbocycles. The van der Waals surface area contributed by atoms with Gasteiger partial charge in [0.05, 0.1) is 18.8 Å². The fourth-order valence-corrected chi connectivity index (χ4v) is 2.28. The third kappa shape index (κ3) is 4.37. The lowest BCUT2D eigenvalue weighted by Crippen LogP contribution is -2.42. The molecule has 2 unspecified atom stereocenters. The van der Waals surface area contributed by atoms with E-state index in [2.05, 4.69) is 10.6 Å². The normalized spacial score (nSPS) is 19.6. The lowest BCUT2D eigenvalue weighted by molar-refractivity contribution is 0.111. The Labute approximate surface area is 123 Å². The second-order valence-corrected chi connectivity index (χ2v) is 5.21. The zero-order valence-electron chi connectivity index (χ0n) is 11.1. The molecule has 5 nitrogen and oxygen atoms in total. The number of rotatable bonds is 5. The molecule has 0 spiro atoms. The molecule has 110 valence electrons. The summed E-state index contributed by atoms with van der Waals surface area (Å²) in [4.78, 5) is 11.8. The Bertz CT molecular complexity index is 433. The van der Waals surface area contributed by atoms with E-state index in [0.29, 0.717) is 11.6 Å². The first-order chi connectivity index (χ1) is 9.69. The first-order valence-electron chi connectivity index (χ1n) is 6.71. The van der Waals surface area contributed by atoms with Gasteiger partial charge in [-0.05, 0) is 30.5 Å². The van der Waals surface area contributed by atoms with E-state index in [-0.39, 0.29) is 18.7 Å². The molecule has 3 N–H and O–H groups in total. The van der Waals surface area contributed by atoms with Crippen molar-refractivity contribution in [1.82, 2.24) is 10.6 Å². The fourth-order valence-electron chi connectivity index (χ4n) is 2.15. The van der Waals surface area contributed by atoms with Crippen LogP contribution in [0.3, 0.4) is 0 Å². The number of carbonyl (C=O) groups is 1. The number of aliphatic hydroxyl groups is 1. The minimum atomic E-state index is -0.447. The molecule has 1 aliphatic heterocycles. The molecule has 1 aliphatic rings.